The molecule has 0 N–H and O–H groups in total. The molecule has 1 fully saturated rings. The maximum Gasteiger partial charge on any atom is 0.236 e. The molecule has 4 nitrogen and oxygen atoms in total. The molecule has 1 unspecified atom stereocenters. The molecule has 0 saturated carbocycles. The first-order chi connectivity index (χ1) is 10.1. The minimum Gasteiger partial charge on any atom is -0.339 e. The average Bonchev–Trinajstić information content (AvgIpc) is 2.47. The highest BCUT2D eigenvalue weighted by atomic mass is 16.2. The van der Waals surface area contributed by atoms with Crippen molar-refractivity contribution in [3.05, 3.63) is 35.4 Å². The van der Waals surface area contributed by atoms with Crippen LogP contribution in [0.25, 0.3) is 0 Å². The van der Waals surface area contributed by atoms with Crippen LogP contribution >= 0.6 is 0 Å². The number of nitriles is 1. The monoisotopic (exact) mass is 285 g/mol. The standard InChI is InChI=1S/C17H23N3O/c1-14-6-3-4-9-20(14)17(21)13-19(2)12-16-8-5-7-15(10-16)11-18/h5,7-8,10,14H,3-4,6,9,12-13H2,1-2H3. The smallest absolute Gasteiger partial charge is 0.236 e. The van der Waals surface area contributed by atoms with E-state index < -0.39 is 0 Å². The summed E-state index contributed by atoms with van der Waals surface area (Å²) in [6, 6.07) is 10.1. The third-order valence-electron chi connectivity index (χ3n) is 4.04. The van der Waals surface area contributed by atoms with E-state index >= 15 is 0 Å². The number of likely N-dealkylation sites (tertiary alicyclic amines) is 1. The normalized spacial score (nSPS) is 18.6. The number of amides is 1. The van der Waals surface area contributed by atoms with Gasteiger partial charge in [-0.2, -0.15) is 5.26 Å². The molecule has 21 heavy (non-hydrogen) atoms. The van der Waals surface area contributed by atoms with Gasteiger partial charge in [-0.3, -0.25) is 9.69 Å². The van der Waals surface area contributed by atoms with Crippen molar-refractivity contribution in [2.24, 2.45) is 0 Å². The van der Waals surface area contributed by atoms with E-state index in [1.807, 2.05) is 35.0 Å². The highest BCUT2D eigenvalue weighted by Crippen LogP contribution is 2.16. The summed E-state index contributed by atoms with van der Waals surface area (Å²) in [6.45, 7) is 4.13. The average molecular weight is 285 g/mol. The molecule has 0 bridgehead atoms. The van der Waals surface area contributed by atoms with E-state index in [4.69, 9.17) is 5.26 Å². The molecule has 1 aliphatic rings. The molecule has 1 atom stereocenters. The lowest BCUT2D eigenvalue weighted by Gasteiger charge is -2.34. The van der Waals surface area contributed by atoms with Gasteiger partial charge in [0.25, 0.3) is 0 Å². The molecule has 2 rings (SSSR count). The van der Waals surface area contributed by atoms with Crippen molar-refractivity contribution in [3.63, 3.8) is 0 Å². The highest BCUT2D eigenvalue weighted by Gasteiger charge is 2.23. The topological polar surface area (TPSA) is 47.3 Å². The molecular formula is C17H23N3O. The number of likely N-dealkylation sites (N-methyl/N-ethyl adjacent to an activating group) is 1. The van der Waals surface area contributed by atoms with Crippen LogP contribution in [0.4, 0.5) is 0 Å². The number of hydrogen-bond acceptors (Lipinski definition) is 3. The van der Waals surface area contributed by atoms with Gasteiger partial charge in [-0.1, -0.05) is 12.1 Å². The van der Waals surface area contributed by atoms with Crippen molar-refractivity contribution in [2.45, 2.75) is 38.8 Å². The fraction of sp³-hybridized carbons (Fsp3) is 0.529. The summed E-state index contributed by atoms with van der Waals surface area (Å²) in [4.78, 5) is 16.4. The zero-order chi connectivity index (χ0) is 15.2. The number of nitrogens with zero attached hydrogens (tertiary/aromatic N) is 3. The molecule has 0 spiro atoms. The maximum absolute atomic E-state index is 12.4. The highest BCUT2D eigenvalue weighted by molar-refractivity contribution is 5.78. The molecule has 1 aromatic carbocycles. The Morgan fingerprint density at radius 1 is 1.48 bits per heavy atom. The fourth-order valence-corrected chi connectivity index (χ4v) is 2.90. The SMILES string of the molecule is CC1CCCCN1C(=O)CN(C)Cc1cccc(C#N)c1. The Morgan fingerprint density at radius 2 is 2.29 bits per heavy atom. The van der Waals surface area contributed by atoms with E-state index in [9.17, 15) is 4.79 Å². The fourth-order valence-electron chi connectivity index (χ4n) is 2.90. The minimum absolute atomic E-state index is 0.209. The van der Waals surface area contributed by atoms with Crippen LogP contribution in [0.3, 0.4) is 0 Å². The summed E-state index contributed by atoms with van der Waals surface area (Å²) in [5.74, 6) is 0.209. The van der Waals surface area contributed by atoms with E-state index in [1.165, 1.54) is 6.42 Å². The quantitative estimate of drug-likeness (QED) is 0.853. The Kier molecular flexibility index (Phi) is 5.35. The van der Waals surface area contributed by atoms with E-state index in [2.05, 4.69) is 13.0 Å². The molecule has 1 amide bonds. The van der Waals surface area contributed by atoms with E-state index in [0.29, 0.717) is 24.7 Å². The molecule has 4 heteroatoms. The van der Waals surface area contributed by atoms with Crippen LogP contribution in [0, 0.1) is 11.3 Å². The minimum atomic E-state index is 0.209. The molecule has 1 aromatic rings. The van der Waals surface area contributed by atoms with Crippen molar-refractivity contribution in [3.8, 4) is 6.07 Å². The molecule has 0 aliphatic carbocycles. The first kappa shape index (κ1) is 15.5. The van der Waals surface area contributed by atoms with Gasteiger partial charge in [-0.05, 0) is 50.9 Å². The van der Waals surface area contributed by atoms with E-state index in [1.54, 1.807) is 6.07 Å². The van der Waals surface area contributed by atoms with Crippen molar-refractivity contribution < 1.29 is 4.79 Å². The first-order valence-corrected chi connectivity index (χ1v) is 7.57. The summed E-state index contributed by atoms with van der Waals surface area (Å²) < 4.78 is 0. The van der Waals surface area contributed by atoms with Crippen molar-refractivity contribution in [2.75, 3.05) is 20.1 Å². The maximum atomic E-state index is 12.4. The molecule has 112 valence electrons. The Bertz CT molecular complexity index is 535. The van der Waals surface area contributed by atoms with Crippen LogP contribution in [0.5, 0.6) is 0 Å². The summed E-state index contributed by atoms with van der Waals surface area (Å²) in [5, 5.41) is 8.92. The Morgan fingerprint density at radius 3 is 3.00 bits per heavy atom. The van der Waals surface area contributed by atoms with Gasteiger partial charge in [-0.25, -0.2) is 0 Å². The summed E-state index contributed by atoms with van der Waals surface area (Å²) in [6.07, 6.45) is 3.45. The van der Waals surface area contributed by atoms with Crippen LogP contribution in [0.15, 0.2) is 24.3 Å². The lowest BCUT2D eigenvalue weighted by Crippen LogP contribution is -2.46. The second-order valence-electron chi connectivity index (χ2n) is 5.92. The molecule has 0 aromatic heterocycles. The van der Waals surface area contributed by atoms with Crippen LogP contribution in [-0.2, 0) is 11.3 Å². The lowest BCUT2D eigenvalue weighted by atomic mass is 10.0. The van der Waals surface area contributed by atoms with Gasteiger partial charge in [0.15, 0.2) is 0 Å². The largest absolute Gasteiger partial charge is 0.339 e. The van der Waals surface area contributed by atoms with Gasteiger partial charge in [0, 0.05) is 19.1 Å². The number of carbonyl (C=O) groups is 1. The van der Waals surface area contributed by atoms with Gasteiger partial charge in [-0.15, -0.1) is 0 Å². The zero-order valence-electron chi connectivity index (χ0n) is 12.9. The molecule has 1 aliphatic heterocycles. The Labute approximate surface area is 127 Å². The second kappa shape index (κ2) is 7.24. The molecule has 0 radical (unpaired) electrons. The third kappa shape index (κ3) is 4.30. The third-order valence-corrected chi connectivity index (χ3v) is 4.04. The zero-order valence-corrected chi connectivity index (χ0v) is 12.9. The van der Waals surface area contributed by atoms with Crippen LogP contribution in [-0.4, -0.2) is 41.9 Å². The van der Waals surface area contributed by atoms with Crippen molar-refractivity contribution >= 4 is 5.91 Å². The number of rotatable bonds is 4. The Hall–Kier alpha value is -1.86. The second-order valence-corrected chi connectivity index (χ2v) is 5.92. The van der Waals surface area contributed by atoms with Gasteiger partial charge in [0.05, 0.1) is 18.2 Å². The number of piperidine rings is 1. The first-order valence-electron chi connectivity index (χ1n) is 7.57. The summed E-state index contributed by atoms with van der Waals surface area (Å²) in [5.41, 5.74) is 1.73. The van der Waals surface area contributed by atoms with Crippen molar-refractivity contribution in [1.82, 2.24) is 9.80 Å². The van der Waals surface area contributed by atoms with Gasteiger partial charge >= 0.3 is 0 Å². The summed E-state index contributed by atoms with van der Waals surface area (Å²) in [7, 11) is 1.95. The summed E-state index contributed by atoms with van der Waals surface area (Å²) >= 11 is 0. The molecular weight excluding hydrogens is 262 g/mol. The van der Waals surface area contributed by atoms with Crippen LogP contribution in [0.2, 0.25) is 0 Å². The molecule has 1 saturated heterocycles. The lowest BCUT2D eigenvalue weighted by molar-refractivity contribution is -0.135. The number of benzene rings is 1. The van der Waals surface area contributed by atoms with E-state index in [0.717, 1.165) is 24.9 Å². The van der Waals surface area contributed by atoms with Crippen molar-refractivity contribution in [1.29, 1.82) is 5.26 Å². The Balaban J connectivity index is 1.90. The van der Waals surface area contributed by atoms with Gasteiger partial charge in [0.1, 0.15) is 0 Å². The van der Waals surface area contributed by atoms with Crippen LogP contribution < -0.4 is 0 Å². The van der Waals surface area contributed by atoms with E-state index in [-0.39, 0.29) is 5.91 Å². The predicted molar refractivity (Wildman–Crippen MR) is 82.5 cm³/mol. The number of carbonyl (C=O) groups excluding carboxylic acids is 1. The predicted octanol–water partition coefficient (Wildman–Crippen LogP) is 2.39. The van der Waals surface area contributed by atoms with Gasteiger partial charge < -0.3 is 4.90 Å². The number of hydrogen-bond donors (Lipinski definition) is 0. The van der Waals surface area contributed by atoms with Gasteiger partial charge in [0.2, 0.25) is 5.91 Å². The molecule has 1 heterocycles. The van der Waals surface area contributed by atoms with Crippen LogP contribution in [0.1, 0.15) is 37.3 Å².